The Morgan fingerprint density at radius 1 is 0.972 bits per heavy atom. The van der Waals surface area contributed by atoms with Gasteiger partial charge in [0.1, 0.15) is 5.82 Å². The third kappa shape index (κ3) is 7.66. The number of hydrogen-bond acceptors (Lipinski definition) is 4. The maximum absolute atomic E-state index is 13.3. The summed E-state index contributed by atoms with van der Waals surface area (Å²) in [6.45, 7) is 8.05. The molecule has 1 aliphatic heterocycles. The van der Waals surface area contributed by atoms with Gasteiger partial charge in [-0.15, -0.1) is 0 Å². The molecule has 2 heterocycles. The minimum absolute atomic E-state index is 0.265. The Morgan fingerprint density at radius 2 is 1.64 bits per heavy atom. The summed E-state index contributed by atoms with van der Waals surface area (Å²) in [7, 11) is 0. The van der Waals surface area contributed by atoms with Crippen LogP contribution in [0.3, 0.4) is 0 Å². The Balaban J connectivity index is 1.43. The van der Waals surface area contributed by atoms with E-state index < -0.39 is 0 Å². The molecule has 9 heteroatoms. The number of hydrogen-bond donors (Lipinski definition) is 2. The normalized spacial score (nSPS) is 14.8. The SMILES string of the molecule is Cc1cc(C)nc(N/C(=N/C(=S)Nc2ccc(F)cc2)N2CCN(C/C=C/c3ccccc3)CC2)n1. The quantitative estimate of drug-likeness (QED) is 0.296. The molecule has 7 nitrogen and oxygen atoms in total. The van der Waals surface area contributed by atoms with Crippen molar-refractivity contribution in [1.82, 2.24) is 19.8 Å². The summed E-state index contributed by atoms with van der Waals surface area (Å²) in [6, 6.07) is 18.2. The van der Waals surface area contributed by atoms with Crippen LogP contribution in [-0.4, -0.2) is 63.6 Å². The van der Waals surface area contributed by atoms with Crippen LogP contribution in [0.15, 0.2) is 71.7 Å². The van der Waals surface area contributed by atoms with Crippen LogP contribution in [0.1, 0.15) is 17.0 Å². The first-order valence-electron chi connectivity index (χ1n) is 11.9. The average Bonchev–Trinajstić information content (AvgIpc) is 2.86. The number of aromatic nitrogens is 2. The van der Waals surface area contributed by atoms with E-state index in [9.17, 15) is 4.39 Å². The molecule has 1 aromatic heterocycles. The predicted molar refractivity (Wildman–Crippen MR) is 149 cm³/mol. The van der Waals surface area contributed by atoms with Crippen LogP contribution < -0.4 is 10.6 Å². The van der Waals surface area contributed by atoms with Crippen LogP contribution in [0.5, 0.6) is 0 Å². The molecular weight excluding hydrogens is 473 g/mol. The highest BCUT2D eigenvalue weighted by Crippen LogP contribution is 2.12. The van der Waals surface area contributed by atoms with Gasteiger partial charge in [-0.1, -0.05) is 42.5 Å². The van der Waals surface area contributed by atoms with Gasteiger partial charge in [-0.3, -0.25) is 10.2 Å². The molecule has 0 radical (unpaired) electrons. The summed E-state index contributed by atoms with van der Waals surface area (Å²) in [4.78, 5) is 18.2. The zero-order chi connectivity index (χ0) is 25.3. The third-order valence-electron chi connectivity index (χ3n) is 5.65. The van der Waals surface area contributed by atoms with Gasteiger partial charge in [-0.05, 0) is 62.0 Å². The molecule has 4 rings (SSSR count). The number of nitrogens with zero attached hydrogens (tertiary/aromatic N) is 5. The molecule has 0 amide bonds. The fraction of sp³-hybridized carbons (Fsp3) is 0.259. The second-order valence-electron chi connectivity index (χ2n) is 8.57. The standard InChI is InChI=1S/C27H30FN7S/c1-20-19-21(2)30-25(29-20)32-26(33-27(36)31-24-12-10-23(28)11-13-24)35-17-15-34(16-18-35)14-6-9-22-7-4-3-5-8-22/h3-13,19H,14-18H2,1-2H3,(H2,29,30,31,32,33,36)/b9-6+. The Morgan fingerprint density at radius 3 is 2.31 bits per heavy atom. The van der Waals surface area contributed by atoms with Crippen molar-refractivity contribution in [3.63, 3.8) is 0 Å². The number of nitrogens with one attached hydrogen (secondary N) is 2. The van der Waals surface area contributed by atoms with Gasteiger partial charge >= 0.3 is 0 Å². The van der Waals surface area contributed by atoms with Gasteiger partial charge in [-0.2, -0.15) is 4.99 Å². The summed E-state index contributed by atoms with van der Waals surface area (Å²) in [5, 5.41) is 6.58. The number of piperazine rings is 1. The molecule has 1 fully saturated rings. The van der Waals surface area contributed by atoms with Crippen molar-refractivity contribution in [1.29, 1.82) is 0 Å². The number of anilines is 2. The Hall–Kier alpha value is -3.69. The van der Waals surface area contributed by atoms with E-state index in [0.717, 1.165) is 44.1 Å². The van der Waals surface area contributed by atoms with E-state index >= 15 is 0 Å². The highest BCUT2D eigenvalue weighted by Gasteiger charge is 2.21. The van der Waals surface area contributed by atoms with E-state index in [-0.39, 0.29) is 10.9 Å². The third-order valence-corrected chi connectivity index (χ3v) is 5.85. The molecule has 0 aliphatic carbocycles. The van der Waals surface area contributed by atoms with Crippen LogP contribution in [0.4, 0.5) is 16.0 Å². The van der Waals surface area contributed by atoms with Crippen LogP contribution in [0.25, 0.3) is 6.08 Å². The van der Waals surface area contributed by atoms with Crippen molar-refractivity contribution < 1.29 is 4.39 Å². The number of benzene rings is 2. The van der Waals surface area contributed by atoms with E-state index in [1.807, 2.05) is 38.1 Å². The molecule has 2 aromatic carbocycles. The number of aliphatic imine (C=N–C) groups is 1. The van der Waals surface area contributed by atoms with Crippen molar-refractivity contribution in [3.8, 4) is 0 Å². The minimum atomic E-state index is -0.305. The van der Waals surface area contributed by atoms with Gasteiger partial charge in [0.05, 0.1) is 0 Å². The number of guanidine groups is 1. The predicted octanol–water partition coefficient (Wildman–Crippen LogP) is 4.73. The summed E-state index contributed by atoms with van der Waals surface area (Å²) < 4.78 is 13.3. The largest absolute Gasteiger partial charge is 0.340 e. The number of halogens is 1. The second-order valence-corrected chi connectivity index (χ2v) is 8.96. The smallest absolute Gasteiger partial charge is 0.229 e. The first kappa shape index (κ1) is 25.4. The summed E-state index contributed by atoms with van der Waals surface area (Å²) in [6.07, 6.45) is 4.35. The van der Waals surface area contributed by atoms with Gasteiger partial charge in [0.2, 0.25) is 17.0 Å². The van der Waals surface area contributed by atoms with Crippen molar-refractivity contribution in [2.75, 3.05) is 43.4 Å². The fourth-order valence-corrected chi connectivity index (χ4v) is 4.09. The fourth-order valence-electron chi connectivity index (χ4n) is 3.88. The molecule has 0 bridgehead atoms. The molecule has 0 unspecified atom stereocenters. The molecule has 3 aromatic rings. The molecule has 2 N–H and O–H groups in total. The average molecular weight is 504 g/mol. The lowest BCUT2D eigenvalue weighted by Crippen LogP contribution is -2.51. The highest BCUT2D eigenvalue weighted by atomic mass is 32.1. The maximum Gasteiger partial charge on any atom is 0.229 e. The first-order valence-corrected chi connectivity index (χ1v) is 12.3. The van der Waals surface area contributed by atoms with E-state index in [0.29, 0.717) is 17.6 Å². The van der Waals surface area contributed by atoms with E-state index in [2.05, 4.69) is 59.7 Å². The van der Waals surface area contributed by atoms with Crippen molar-refractivity contribution >= 4 is 41.0 Å². The van der Waals surface area contributed by atoms with E-state index in [4.69, 9.17) is 12.2 Å². The highest BCUT2D eigenvalue weighted by molar-refractivity contribution is 7.80. The lowest BCUT2D eigenvalue weighted by atomic mass is 10.2. The summed E-state index contributed by atoms with van der Waals surface area (Å²) >= 11 is 5.49. The molecular formula is C27H30FN7S. The number of aryl methyl sites for hydroxylation is 2. The van der Waals surface area contributed by atoms with Crippen LogP contribution in [0.2, 0.25) is 0 Å². The summed E-state index contributed by atoms with van der Waals surface area (Å²) in [5.41, 5.74) is 3.60. The maximum atomic E-state index is 13.3. The molecule has 36 heavy (non-hydrogen) atoms. The zero-order valence-corrected chi connectivity index (χ0v) is 21.3. The van der Waals surface area contributed by atoms with Gasteiger partial charge in [0, 0.05) is 49.8 Å². The number of rotatable bonds is 5. The van der Waals surface area contributed by atoms with Gasteiger partial charge in [0.25, 0.3) is 0 Å². The van der Waals surface area contributed by atoms with Crippen LogP contribution in [-0.2, 0) is 0 Å². The number of thiocarbonyl (C=S) groups is 1. The molecule has 0 spiro atoms. The molecule has 1 aliphatic rings. The van der Waals surface area contributed by atoms with Crippen molar-refractivity contribution in [2.24, 2.45) is 4.99 Å². The van der Waals surface area contributed by atoms with Crippen molar-refractivity contribution in [3.05, 3.63) is 89.5 Å². The Kier molecular flexibility index (Phi) is 8.70. The Labute approximate surface area is 216 Å². The molecule has 1 saturated heterocycles. The van der Waals surface area contributed by atoms with E-state index in [1.165, 1.54) is 17.7 Å². The minimum Gasteiger partial charge on any atom is -0.340 e. The van der Waals surface area contributed by atoms with Gasteiger partial charge in [0.15, 0.2) is 0 Å². The lowest BCUT2D eigenvalue weighted by molar-refractivity contribution is 0.198. The first-order chi connectivity index (χ1) is 17.4. The van der Waals surface area contributed by atoms with Crippen LogP contribution in [0, 0.1) is 19.7 Å². The van der Waals surface area contributed by atoms with Gasteiger partial charge in [-0.25, -0.2) is 14.4 Å². The zero-order valence-electron chi connectivity index (χ0n) is 20.5. The topological polar surface area (TPSA) is 68.7 Å². The van der Waals surface area contributed by atoms with Gasteiger partial charge < -0.3 is 10.2 Å². The van der Waals surface area contributed by atoms with Crippen LogP contribution >= 0.6 is 12.2 Å². The summed E-state index contributed by atoms with van der Waals surface area (Å²) in [5.74, 6) is 0.754. The molecule has 186 valence electrons. The Bertz CT molecular complexity index is 1200. The van der Waals surface area contributed by atoms with Crippen molar-refractivity contribution in [2.45, 2.75) is 13.8 Å². The van der Waals surface area contributed by atoms with E-state index in [1.54, 1.807) is 12.1 Å². The monoisotopic (exact) mass is 503 g/mol. The lowest BCUT2D eigenvalue weighted by Gasteiger charge is -2.35. The second kappa shape index (κ2) is 12.3. The molecule has 0 atom stereocenters. The molecule has 0 saturated carbocycles.